The highest BCUT2D eigenvalue weighted by Crippen LogP contribution is 2.42. The second-order valence-electron chi connectivity index (χ2n) is 7.47. The molecule has 0 amide bonds. The van der Waals surface area contributed by atoms with Crippen molar-refractivity contribution >= 4 is 0 Å². The molecule has 0 aromatic rings. The highest BCUT2D eigenvalue weighted by molar-refractivity contribution is 4.87. The molecule has 1 saturated carbocycles. The summed E-state index contributed by atoms with van der Waals surface area (Å²) in [5, 5.41) is 3.71. The first-order chi connectivity index (χ1) is 7.33. The summed E-state index contributed by atoms with van der Waals surface area (Å²) < 4.78 is 0. The molecule has 0 saturated heterocycles. The maximum absolute atomic E-state index is 3.71. The van der Waals surface area contributed by atoms with Crippen LogP contribution in [0.3, 0.4) is 0 Å². The van der Waals surface area contributed by atoms with Crippen molar-refractivity contribution in [3.63, 3.8) is 0 Å². The molecule has 0 atom stereocenters. The Labute approximate surface area is 102 Å². The Kier molecular flexibility index (Phi) is 4.85. The third kappa shape index (κ3) is 4.86. The smallest absolute Gasteiger partial charge is 0.000813 e. The fourth-order valence-electron chi connectivity index (χ4n) is 3.15. The summed E-state index contributed by atoms with van der Waals surface area (Å²) >= 11 is 0. The van der Waals surface area contributed by atoms with Crippen molar-refractivity contribution in [2.45, 2.75) is 66.7 Å². The predicted octanol–water partition coefficient (Wildman–Crippen LogP) is 4.23. The molecule has 1 nitrogen and oxygen atoms in total. The second-order valence-corrected chi connectivity index (χ2v) is 7.47. The fraction of sp³-hybridized carbons (Fsp3) is 1.00. The van der Waals surface area contributed by atoms with Crippen LogP contribution < -0.4 is 5.32 Å². The van der Waals surface area contributed by atoms with Gasteiger partial charge in [-0.25, -0.2) is 0 Å². The summed E-state index contributed by atoms with van der Waals surface area (Å²) in [6.45, 7) is 14.0. The van der Waals surface area contributed by atoms with E-state index >= 15 is 0 Å². The van der Waals surface area contributed by atoms with E-state index in [1.807, 2.05) is 0 Å². The van der Waals surface area contributed by atoms with Crippen LogP contribution in [0.15, 0.2) is 0 Å². The molecule has 1 aliphatic carbocycles. The van der Waals surface area contributed by atoms with Gasteiger partial charge in [-0.1, -0.05) is 47.5 Å². The summed E-state index contributed by atoms with van der Waals surface area (Å²) in [6, 6.07) is 0. The summed E-state index contributed by atoms with van der Waals surface area (Å²) in [7, 11) is 0. The molecule has 0 aromatic heterocycles. The van der Waals surface area contributed by atoms with Gasteiger partial charge in [-0.05, 0) is 36.0 Å². The Bertz CT molecular complexity index is 194. The Morgan fingerprint density at radius 2 is 1.69 bits per heavy atom. The molecule has 1 heteroatoms. The van der Waals surface area contributed by atoms with Crippen molar-refractivity contribution in [1.82, 2.24) is 5.32 Å². The minimum Gasteiger partial charge on any atom is -0.316 e. The van der Waals surface area contributed by atoms with Crippen LogP contribution in [-0.2, 0) is 0 Å². The van der Waals surface area contributed by atoms with Crippen molar-refractivity contribution in [1.29, 1.82) is 0 Å². The van der Waals surface area contributed by atoms with Crippen molar-refractivity contribution in [3.8, 4) is 0 Å². The maximum Gasteiger partial charge on any atom is 0.000813 e. The summed E-state index contributed by atoms with van der Waals surface area (Å²) in [6.07, 6.45) is 7.20. The van der Waals surface area contributed by atoms with E-state index in [2.05, 4.69) is 39.9 Å². The molecule has 0 aromatic carbocycles. The van der Waals surface area contributed by atoms with E-state index in [9.17, 15) is 0 Å². The molecule has 1 rings (SSSR count). The highest BCUT2D eigenvalue weighted by atomic mass is 14.9. The zero-order valence-electron chi connectivity index (χ0n) is 12.0. The van der Waals surface area contributed by atoms with Gasteiger partial charge in [0.2, 0.25) is 0 Å². The van der Waals surface area contributed by atoms with Crippen LogP contribution in [0.1, 0.15) is 66.7 Å². The summed E-state index contributed by atoms with van der Waals surface area (Å²) in [5.41, 5.74) is 1.04. The van der Waals surface area contributed by atoms with Crippen LogP contribution in [0.4, 0.5) is 0 Å². The van der Waals surface area contributed by atoms with Crippen LogP contribution in [0, 0.1) is 16.7 Å². The zero-order chi connectivity index (χ0) is 12.2. The monoisotopic (exact) mass is 225 g/mol. The Morgan fingerprint density at radius 1 is 1.12 bits per heavy atom. The molecule has 0 aliphatic heterocycles. The van der Waals surface area contributed by atoms with E-state index in [0.717, 1.165) is 12.5 Å². The minimum atomic E-state index is 0.414. The molecule has 0 radical (unpaired) electrons. The lowest BCUT2D eigenvalue weighted by atomic mass is 9.78. The minimum absolute atomic E-state index is 0.414. The largest absolute Gasteiger partial charge is 0.316 e. The molecule has 0 heterocycles. The summed E-state index contributed by atoms with van der Waals surface area (Å²) in [4.78, 5) is 0. The standard InChI is InChI=1S/C15H31N/c1-13(2)10-15(8-6-7-9-15)12-16-11-14(3,4)5/h13,16H,6-12H2,1-5H3. The Balaban J connectivity index is 2.39. The SMILES string of the molecule is CC(C)CC1(CNCC(C)(C)C)CCCC1. The molecular weight excluding hydrogens is 194 g/mol. The van der Waals surface area contributed by atoms with Gasteiger partial charge < -0.3 is 5.32 Å². The summed E-state index contributed by atoms with van der Waals surface area (Å²) in [5.74, 6) is 0.842. The van der Waals surface area contributed by atoms with Gasteiger partial charge in [-0.2, -0.15) is 0 Å². The van der Waals surface area contributed by atoms with Crippen LogP contribution in [0.5, 0.6) is 0 Å². The quantitative estimate of drug-likeness (QED) is 0.738. The number of hydrogen-bond donors (Lipinski definition) is 1. The van der Waals surface area contributed by atoms with Gasteiger partial charge >= 0.3 is 0 Å². The van der Waals surface area contributed by atoms with E-state index in [4.69, 9.17) is 0 Å². The van der Waals surface area contributed by atoms with Crippen LogP contribution in [0.2, 0.25) is 0 Å². The molecule has 16 heavy (non-hydrogen) atoms. The first-order valence-electron chi connectivity index (χ1n) is 7.04. The third-order valence-corrected chi connectivity index (χ3v) is 3.66. The van der Waals surface area contributed by atoms with Crippen LogP contribution >= 0.6 is 0 Å². The third-order valence-electron chi connectivity index (χ3n) is 3.66. The van der Waals surface area contributed by atoms with Crippen molar-refractivity contribution in [3.05, 3.63) is 0 Å². The van der Waals surface area contributed by atoms with E-state index in [0.29, 0.717) is 10.8 Å². The first-order valence-corrected chi connectivity index (χ1v) is 7.04. The average Bonchev–Trinajstić information content (AvgIpc) is 2.49. The van der Waals surface area contributed by atoms with Gasteiger partial charge in [0.05, 0.1) is 0 Å². The van der Waals surface area contributed by atoms with Gasteiger partial charge in [0, 0.05) is 13.1 Å². The van der Waals surface area contributed by atoms with Gasteiger partial charge in [-0.3, -0.25) is 0 Å². The Morgan fingerprint density at radius 3 is 2.12 bits per heavy atom. The predicted molar refractivity (Wildman–Crippen MR) is 72.7 cm³/mol. The lowest BCUT2D eigenvalue weighted by Crippen LogP contribution is -2.37. The van der Waals surface area contributed by atoms with E-state index < -0.39 is 0 Å². The lowest BCUT2D eigenvalue weighted by Gasteiger charge is -2.32. The first kappa shape index (κ1) is 14.0. The molecule has 0 unspecified atom stereocenters. The molecule has 0 bridgehead atoms. The van der Waals surface area contributed by atoms with E-state index in [1.54, 1.807) is 0 Å². The molecule has 1 fully saturated rings. The van der Waals surface area contributed by atoms with Gasteiger partial charge in [0.25, 0.3) is 0 Å². The van der Waals surface area contributed by atoms with Crippen molar-refractivity contribution < 1.29 is 0 Å². The van der Waals surface area contributed by atoms with Crippen molar-refractivity contribution in [2.24, 2.45) is 16.7 Å². The topological polar surface area (TPSA) is 12.0 Å². The lowest BCUT2D eigenvalue weighted by molar-refractivity contribution is 0.213. The van der Waals surface area contributed by atoms with Crippen molar-refractivity contribution in [2.75, 3.05) is 13.1 Å². The van der Waals surface area contributed by atoms with Gasteiger partial charge in [0.15, 0.2) is 0 Å². The average molecular weight is 225 g/mol. The molecule has 1 aliphatic rings. The number of hydrogen-bond acceptors (Lipinski definition) is 1. The fourth-order valence-corrected chi connectivity index (χ4v) is 3.15. The van der Waals surface area contributed by atoms with Crippen LogP contribution in [-0.4, -0.2) is 13.1 Å². The molecule has 0 spiro atoms. The highest BCUT2D eigenvalue weighted by Gasteiger charge is 2.34. The van der Waals surface area contributed by atoms with Gasteiger partial charge in [0.1, 0.15) is 0 Å². The second kappa shape index (κ2) is 5.53. The number of nitrogens with one attached hydrogen (secondary N) is 1. The maximum atomic E-state index is 3.71. The Hall–Kier alpha value is -0.0400. The normalized spacial score (nSPS) is 20.6. The van der Waals surface area contributed by atoms with Crippen LogP contribution in [0.25, 0.3) is 0 Å². The van der Waals surface area contributed by atoms with E-state index in [1.165, 1.54) is 38.6 Å². The molecular formula is C15H31N. The van der Waals surface area contributed by atoms with E-state index in [-0.39, 0.29) is 0 Å². The molecule has 96 valence electrons. The number of rotatable bonds is 5. The molecule has 1 N–H and O–H groups in total. The van der Waals surface area contributed by atoms with Gasteiger partial charge in [-0.15, -0.1) is 0 Å². The zero-order valence-corrected chi connectivity index (χ0v) is 12.0.